The molecule has 0 heterocycles. The third-order valence-corrected chi connectivity index (χ3v) is 4.72. The van der Waals surface area contributed by atoms with Gasteiger partial charge in [-0.1, -0.05) is 12.1 Å². The molecule has 0 atom stereocenters. The van der Waals surface area contributed by atoms with Crippen molar-refractivity contribution in [3.05, 3.63) is 29.8 Å². The fourth-order valence-electron chi connectivity index (χ4n) is 1.92. The largest absolute Gasteiger partial charge is 0.314 e. The molecule has 0 radical (unpaired) electrons. The van der Waals surface area contributed by atoms with Crippen molar-refractivity contribution in [2.45, 2.75) is 50.1 Å². The molecule has 1 saturated carbocycles. The van der Waals surface area contributed by atoms with Crippen molar-refractivity contribution in [3.8, 4) is 0 Å². The van der Waals surface area contributed by atoms with Gasteiger partial charge >= 0.3 is 0 Å². The molecule has 0 aromatic heterocycles. The molecule has 1 fully saturated rings. The van der Waals surface area contributed by atoms with Crippen molar-refractivity contribution in [2.75, 3.05) is 6.54 Å². The summed E-state index contributed by atoms with van der Waals surface area (Å²) in [5.74, 6) is 0. The van der Waals surface area contributed by atoms with Gasteiger partial charge < -0.3 is 5.32 Å². The normalized spacial score (nSPS) is 15.9. The molecule has 2 N–H and O–H groups in total. The third-order valence-electron chi connectivity index (χ3n) is 3.05. The lowest BCUT2D eigenvalue weighted by Gasteiger charge is -2.10. The summed E-state index contributed by atoms with van der Waals surface area (Å²) in [6, 6.07) is 7.77. The van der Waals surface area contributed by atoms with E-state index in [0.29, 0.717) is 4.90 Å². The Kier molecular flexibility index (Phi) is 4.60. The molecular weight excluding hydrogens is 260 g/mol. The lowest BCUT2D eigenvalue weighted by molar-refractivity contribution is 0.570. The van der Waals surface area contributed by atoms with Crippen LogP contribution in [0.5, 0.6) is 0 Å². The predicted molar refractivity (Wildman–Crippen MR) is 76.6 cm³/mol. The molecule has 0 aliphatic heterocycles. The average molecular weight is 282 g/mol. The second kappa shape index (κ2) is 6.03. The second-order valence-corrected chi connectivity index (χ2v) is 7.11. The van der Waals surface area contributed by atoms with Gasteiger partial charge in [0.1, 0.15) is 0 Å². The molecule has 106 valence electrons. The van der Waals surface area contributed by atoms with E-state index in [1.807, 2.05) is 26.0 Å². The molecule has 5 heteroatoms. The summed E-state index contributed by atoms with van der Waals surface area (Å²) in [7, 11) is -3.37. The van der Waals surface area contributed by atoms with Gasteiger partial charge in [0.15, 0.2) is 0 Å². The highest BCUT2D eigenvalue weighted by molar-refractivity contribution is 7.89. The highest BCUT2D eigenvalue weighted by Gasteiger charge is 2.19. The van der Waals surface area contributed by atoms with Crippen molar-refractivity contribution in [3.63, 3.8) is 0 Å². The zero-order valence-corrected chi connectivity index (χ0v) is 12.3. The monoisotopic (exact) mass is 282 g/mol. The van der Waals surface area contributed by atoms with E-state index in [1.165, 1.54) is 12.8 Å². The van der Waals surface area contributed by atoms with Gasteiger partial charge in [-0.2, -0.15) is 0 Å². The van der Waals surface area contributed by atoms with Crippen LogP contribution in [0.3, 0.4) is 0 Å². The van der Waals surface area contributed by atoms with E-state index in [-0.39, 0.29) is 6.04 Å². The fraction of sp³-hybridized carbons (Fsp3) is 0.571. The first-order chi connectivity index (χ1) is 8.97. The van der Waals surface area contributed by atoms with Crippen LogP contribution < -0.4 is 10.0 Å². The Hall–Kier alpha value is -0.910. The van der Waals surface area contributed by atoms with Gasteiger partial charge in [-0.05, 0) is 57.4 Å². The summed E-state index contributed by atoms with van der Waals surface area (Å²) in [5.41, 5.74) is 1.16. The first-order valence-electron chi connectivity index (χ1n) is 6.82. The summed E-state index contributed by atoms with van der Waals surface area (Å²) in [5, 5.41) is 3.45. The number of nitrogens with one attached hydrogen (secondary N) is 2. The Morgan fingerprint density at radius 3 is 2.37 bits per heavy atom. The Labute approximate surface area is 115 Å². The van der Waals surface area contributed by atoms with Gasteiger partial charge in [-0.3, -0.25) is 0 Å². The number of rotatable bonds is 7. The van der Waals surface area contributed by atoms with Crippen LogP contribution in [0.15, 0.2) is 29.2 Å². The van der Waals surface area contributed by atoms with E-state index in [9.17, 15) is 8.42 Å². The quantitative estimate of drug-likeness (QED) is 0.800. The fourth-order valence-corrected chi connectivity index (χ4v) is 3.17. The van der Waals surface area contributed by atoms with Gasteiger partial charge in [0.2, 0.25) is 10.0 Å². The van der Waals surface area contributed by atoms with Crippen molar-refractivity contribution < 1.29 is 8.42 Å². The Morgan fingerprint density at radius 2 is 1.84 bits per heavy atom. The second-order valence-electron chi connectivity index (χ2n) is 5.40. The number of benzene rings is 1. The maximum atomic E-state index is 11.9. The molecule has 1 aliphatic rings. The molecule has 1 aliphatic carbocycles. The molecule has 0 unspecified atom stereocenters. The molecule has 0 amide bonds. The van der Waals surface area contributed by atoms with Crippen molar-refractivity contribution in [1.82, 2.24) is 10.0 Å². The van der Waals surface area contributed by atoms with Crippen LogP contribution in [-0.4, -0.2) is 27.0 Å². The van der Waals surface area contributed by atoms with Crippen molar-refractivity contribution >= 4 is 10.0 Å². The standard InChI is InChI=1S/C14H22N2O2S/c1-11(2)16-19(17,18)14-7-3-12(4-8-14)9-10-15-13-5-6-13/h3-4,7-8,11,13,15-16H,5-6,9-10H2,1-2H3. The van der Waals surface area contributed by atoms with E-state index in [2.05, 4.69) is 10.0 Å². The predicted octanol–water partition coefficient (Wildman–Crippen LogP) is 1.67. The number of sulfonamides is 1. The first kappa shape index (κ1) is 14.5. The minimum Gasteiger partial charge on any atom is -0.314 e. The van der Waals surface area contributed by atoms with Crippen LogP contribution in [-0.2, 0) is 16.4 Å². The van der Waals surface area contributed by atoms with Gasteiger partial charge in [0, 0.05) is 12.1 Å². The van der Waals surface area contributed by atoms with Crippen LogP contribution in [0.2, 0.25) is 0 Å². The molecular formula is C14H22N2O2S. The Balaban J connectivity index is 1.92. The zero-order chi connectivity index (χ0) is 13.9. The maximum absolute atomic E-state index is 11.9. The Bertz CT molecular complexity index is 505. The molecule has 0 spiro atoms. The van der Waals surface area contributed by atoms with Gasteiger partial charge in [0.05, 0.1) is 4.90 Å². The highest BCUT2D eigenvalue weighted by atomic mass is 32.2. The summed E-state index contributed by atoms with van der Waals surface area (Å²) >= 11 is 0. The van der Waals surface area contributed by atoms with Gasteiger partial charge in [-0.15, -0.1) is 0 Å². The molecule has 1 aromatic rings. The summed E-state index contributed by atoms with van der Waals surface area (Å²) in [6.07, 6.45) is 3.52. The topological polar surface area (TPSA) is 58.2 Å². The minimum atomic E-state index is -3.37. The first-order valence-corrected chi connectivity index (χ1v) is 8.30. The Morgan fingerprint density at radius 1 is 1.21 bits per heavy atom. The van der Waals surface area contributed by atoms with Gasteiger partial charge in [-0.25, -0.2) is 13.1 Å². The maximum Gasteiger partial charge on any atom is 0.240 e. The van der Waals surface area contributed by atoms with Crippen LogP contribution in [0.1, 0.15) is 32.3 Å². The van der Waals surface area contributed by atoms with E-state index in [0.717, 1.165) is 24.6 Å². The highest BCUT2D eigenvalue weighted by Crippen LogP contribution is 2.18. The van der Waals surface area contributed by atoms with Gasteiger partial charge in [0.25, 0.3) is 0 Å². The van der Waals surface area contributed by atoms with E-state index >= 15 is 0 Å². The van der Waals surface area contributed by atoms with E-state index in [1.54, 1.807) is 12.1 Å². The van der Waals surface area contributed by atoms with Crippen LogP contribution in [0.4, 0.5) is 0 Å². The lowest BCUT2D eigenvalue weighted by atomic mass is 10.1. The SMILES string of the molecule is CC(C)NS(=O)(=O)c1ccc(CCNC2CC2)cc1. The molecule has 1 aromatic carbocycles. The zero-order valence-electron chi connectivity index (χ0n) is 11.5. The van der Waals surface area contributed by atoms with Crippen LogP contribution in [0, 0.1) is 0 Å². The molecule has 19 heavy (non-hydrogen) atoms. The van der Waals surface area contributed by atoms with Crippen LogP contribution in [0.25, 0.3) is 0 Å². The average Bonchev–Trinajstić information content (AvgIpc) is 3.12. The summed E-state index contributed by atoms with van der Waals surface area (Å²) in [4.78, 5) is 0.333. The smallest absolute Gasteiger partial charge is 0.240 e. The van der Waals surface area contributed by atoms with Crippen molar-refractivity contribution in [1.29, 1.82) is 0 Å². The van der Waals surface area contributed by atoms with E-state index < -0.39 is 10.0 Å². The summed E-state index contributed by atoms with van der Waals surface area (Å²) in [6.45, 7) is 4.59. The number of hydrogen-bond donors (Lipinski definition) is 2. The van der Waals surface area contributed by atoms with Crippen LogP contribution >= 0.6 is 0 Å². The molecule has 2 rings (SSSR count). The third kappa shape index (κ3) is 4.60. The summed E-state index contributed by atoms with van der Waals surface area (Å²) < 4.78 is 26.5. The minimum absolute atomic E-state index is 0.0904. The van der Waals surface area contributed by atoms with Crippen molar-refractivity contribution in [2.24, 2.45) is 0 Å². The molecule has 0 bridgehead atoms. The number of hydrogen-bond acceptors (Lipinski definition) is 3. The molecule has 4 nitrogen and oxygen atoms in total. The molecule has 0 saturated heterocycles. The lowest BCUT2D eigenvalue weighted by Crippen LogP contribution is -2.30. The van der Waals surface area contributed by atoms with E-state index in [4.69, 9.17) is 0 Å².